The zero-order chi connectivity index (χ0) is 17.8. The highest BCUT2D eigenvalue weighted by Gasteiger charge is 2.43. The van der Waals surface area contributed by atoms with Crippen molar-refractivity contribution < 1.29 is 4.79 Å². The maximum absolute atomic E-state index is 13.2. The molecule has 5 heteroatoms. The smallest absolute Gasteiger partial charge is 0.230 e. The molecule has 0 aliphatic carbocycles. The van der Waals surface area contributed by atoms with Gasteiger partial charge < -0.3 is 4.90 Å². The van der Waals surface area contributed by atoms with Crippen LogP contribution in [0.1, 0.15) is 50.1 Å². The molecule has 0 saturated heterocycles. The van der Waals surface area contributed by atoms with Gasteiger partial charge in [0.2, 0.25) is 5.91 Å². The van der Waals surface area contributed by atoms with Crippen molar-refractivity contribution in [2.75, 3.05) is 4.90 Å². The predicted octanol–water partition coefficient (Wildman–Crippen LogP) is 6.45. The van der Waals surface area contributed by atoms with Gasteiger partial charge >= 0.3 is 0 Å². The first-order chi connectivity index (χ1) is 11.2. The minimum absolute atomic E-state index is 0.00638. The van der Waals surface area contributed by atoms with Crippen LogP contribution in [0.5, 0.6) is 0 Å². The minimum atomic E-state index is -0.372. The lowest BCUT2D eigenvalue weighted by atomic mass is 9.85. The molecule has 2 aromatic rings. The van der Waals surface area contributed by atoms with E-state index in [-0.39, 0.29) is 17.4 Å². The zero-order valence-electron chi connectivity index (χ0n) is 15.0. The number of amides is 1. The van der Waals surface area contributed by atoms with E-state index in [1.165, 1.54) is 16.0 Å². The lowest BCUT2D eigenvalue weighted by Crippen LogP contribution is -2.49. The quantitative estimate of drug-likeness (QED) is 0.443. The van der Waals surface area contributed by atoms with Gasteiger partial charge in [-0.05, 0) is 57.4 Å². The molecule has 128 valence electrons. The molecule has 1 aliphatic heterocycles. The molecular weight excluding hydrogens is 354 g/mol. The van der Waals surface area contributed by atoms with Crippen LogP contribution in [0.2, 0.25) is 0 Å². The third-order valence-electron chi connectivity index (χ3n) is 5.12. The molecule has 0 saturated carbocycles. The lowest BCUT2D eigenvalue weighted by Gasteiger charge is -2.44. The van der Waals surface area contributed by atoms with E-state index < -0.39 is 0 Å². The van der Waals surface area contributed by atoms with Crippen LogP contribution in [0, 0.1) is 23.6 Å². The SMILES string of the molecule is CC[C@H](C)C(=O)N1c2cc(C)c(C)cc2-c2c(ssc2=S)C1(C)C. The van der Waals surface area contributed by atoms with Gasteiger partial charge in [-0.25, -0.2) is 0 Å². The fraction of sp³-hybridized carbons (Fsp3) is 0.474. The van der Waals surface area contributed by atoms with Crippen LogP contribution in [-0.4, -0.2) is 5.91 Å². The van der Waals surface area contributed by atoms with Crippen molar-refractivity contribution in [1.29, 1.82) is 0 Å². The van der Waals surface area contributed by atoms with Gasteiger partial charge in [-0.1, -0.05) is 46.7 Å². The molecule has 1 aliphatic rings. The van der Waals surface area contributed by atoms with Crippen molar-refractivity contribution >= 4 is 44.5 Å². The van der Waals surface area contributed by atoms with Crippen LogP contribution in [0.4, 0.5) is 5.69 Å². The second kappa shape index (κ2) is 6.04. The summed E-state index contributed by atoms with van der Waals surface area (Å²) >= 11 is 5.63. The summed E-state index contributed by atoms with van der Waals surface area (Å²) in [7, 11) is 3.36. The van der Waals surface area contributed by atoms with Gasteiger partial charge in [0.1, 0.15) is 3.82 Å². The Morgan fingerprint density at radius 2 is 1.88 bits per heavy atom. The predicted molar refractivity (Wildman–Crippen MR) is 108 cm³/mol. The summed E-state index contributed by atoms with van der Waals surface area (Å²) in [6, 6.07) is 4.36. The maximum atomic E-state index is 13.2. The Balaban J connectivity index is 2.36. The fourth-order valence-corrected chi connectivity index (χ4v) is 6.55. The molecule has 1 atom stereocenters. The van der Waals surface area contributed by atoms with E-state index in [1.807, 2.05) is 11.8 Å². The first-order valence-electron chi connectivity index (χ1n) is 8.29. The van der Waals surface area contributed by atoms with Crippen LogP contribution in [0.25, 0.3) is 11.1 Å². The van der Waals surface area contributed by atoms with Gasteiger partial charge in [-0.15, -0.1) is 0 Å². The lowest BCUT2D eigenvalue weighted by molar-refractivity contribution is -0.123. The Morgan fingerprint density at radius 1 is 1.25 bits per heavy atom. The standard InChI is InChI=1S/C19H23NOS3/c1-7-10(2)17(21)20-14-9-12(4)11(3)8-13(14)15-16(19(20,5)6)23-24-18(15)22/h8-10H,7H2,1-6H3/t10-/m0/s1. The average molecular weight is 378 g/mol. The number of rotatable bonds is 2. The molecule has 1 amide bonds. The molecule has 3 rings (SSSR count). The first-order valence-corrected chi connectivity index (χ1v) is 10.8. The molecule has 0 N–H and O–H groups in total. The van der Waals surface area contributed by atoms with Crippen molar-refractivity contribution in [2.24, 2.45) is 5.92 Å². The molecular formula is C19H23NOS3. The molecule has 0 spiro atoms. The highest BCUT2D eigenvalue weighted by Crippen LogP contribution is 2.53. The van der Waals surface area contributed by atoms with Gasteiger partial charge in [0.05, 0.1) is 16.1 Å². The number of benzene rings is 1. The molecule has 0 radical (unpaired) electrons. The van der Waals surface area contributed by atoms with E-state index in [9.17, 15) is 4.79 Å². The van der Waals surface area contributed by atoms with E-state index in [2.05, 4.69) is 46.8 Å². The number of carbonyl (C=O) groups excluding carboxylic acids is 1. The highest BCUT2D eigenvalue weighted by atomic mass is 32.9. The maximum Gasteiger partial charge on any atom is 0.230 e. The summed E-state index contributed by atoms with van der Waals surface area (Å²) in [5, 5.41) is 0. The summed E-state index contributed by atoms with van der Waals surface area (Å²) in [6.07, 6.45) is 0.845. The zero-order valence-corrected chi connectivity index (χ0v) is 17.5. The van der Waals surface area contributed by atoms with Crippen LogP contribution in [0.15, 0.2) is 12.1 Å². The average Bonchev–Trinajstić information content (AvgIpc) is 2.91. The van der Waals surface area contributed by atoms with Gasteiger partial charge in [-0.3, -0.25) is 4.79 Å². The van der Waals surface area contributed by atoms with E-state index in [0.717, 1.165) is 27.1 Å². The Labute approximate surface area is 156 Å². The van der Waals surface area contributed by atoms with Crippen molar-refractivity contribution in [2.45, 2.75) is 53.5 Å². The van der Waals surface area contributed by atoms with Gasteiger partial charge in [0.25, 0.3) is 0 Å². The molecule has 1 aromatic heterocycles. The second-order valence-electron chi connectivity index (χ2n) is 7.15. The Bertz CT molecular complexity index is 875. The number of carbonyl (C=O) groups is 1. The van der Waals surface area contributed by atoms with Gasteiger partial charge in [0.15, 0.2) is 0 Å². The van der Waals surface area contributed by atoms with Crippen molar-refractivity contribution in [1.82, 2.24) is 0 Å². The fourth-order valence-electron chi connectivity index (χ4n) is 3.27. The van der Waals surface area contributed by atoms with Crippen LogP contribution < -0.4 is 4.90 Å². The van der Waals surface area contributed by atoms with Crippen LogP contribution >= 0.6 is 32.9 Å². The molecule has 0 fully saturated rings. The molecule has 24 heavy (non-hydrogen) atoms. The largest absolute Gasteiger partial charge is 0.301 e. The van der Waals surface area contributed by atoms with Crippen molar-refractivity contribution in [3.05, 3.63) is 32.0 Å². The Kier molecular flexibility index (Phi) is 4.47. The molecule has 0 unspecified atom stereocenters. The van der Waals surface area contributed by atoms with Crippen LogP contribution in [-0.2, 0) is 10.3 Å². The highest BCUT2D eigenvalue weighted by molar-refractivity contribution is 7.80. The number of hydrogen-bond donors (Lipinski definition) is 0. The number of fused-ring (bicyclic) bond motifs is 3. The Morgan fingerprint density at radius 3 is 2.50 bits per heavy atom. The summed E-state index contributed by atoms with van der Waals surface area (Å²) < 4.78 is 0.934. The van der Waals surface area contributed by atoms with E-state index in [1.54, 1.807) is 20.7 Å². The summed E-state index contributed by atoms with van der Waals surface area (Å²) in [5.41, 5.74) is 5.36. The molecule has 2 heterocycles. The topological polar surface area (TPSA) is 20.3 Å². The third kappa shape index (κ3) is 2.49. The van der Waals surface area contributed by atoms with Gasteiger partial charge in [0, 0.05) is 17.0 Å². The number of anilines is 1. The summed E-state index contributed by atoms with van der Waals surface area (Å²) in [6.45, 7) is 12.6. The van der Waals surface area contributed by atoms with E-state index in [4.69, 9.17) is 12.2 Å². The van der Waals surface area contributed by atoms with Crippen molar-refractivity contribution in [3.8, 4) is 11.1 Å². The Hall–Kier alpha value is -1.04. The number of hydrogen-bond acceptors (Lipinski definition) is 4. The van der Waals surface area contributed by atoms with Crippen LogP contribution in [0.3, 0.4) is 0 Å². The molecule has 1 aromatic carbocycles. The van der Waals surface area contributed by atoms with E-state index >= 15 is 0 Å². The minimum Gasteiger partial charge on any atom is -0.301 e. The second-order valence-corrected chi connectivity index (χ2v) is 9.97. The third-order valence-corrected chi connectivity index (χ3v) is 8.45. The number of aryl methyl sites for hydroxylation is 2. The van der Waals surface area contributed by atoms with Crippen molar-refractivity contribution in [3.63, 3.8) is 0 Å². The van der Waals surface area contributed by atoms with Gasteiger partial charge in [-0.2, -0.15) is 0 Å². The summed E-state index contributed by atoms with van der Waals surface area (Å²) in [5.74, 6) is 0.203. The van der Waals surface area contributed by atoms with E-state index in [0.29, 0.717) is 0 Å². The number of nitrogens with zero attached hydrogens (tertiary/aromatic N) is 1. The first kappa shape index (κ1) is 17.8. The molecule has 2 nitrogen and oxygen atoms in total. The monoisotopic (exact) mass is 377 g/mol. The normalized spacial score (nSPS) is 16.5. The molecule has 0 bridgehead atoms. The summed E-state index contributed by atoms with van der Waals surface area (Å²) in [4.78, 5) is 16.5.